The highest BCUT2D eigenvalue weighted by atomic mass is 16.6. The van der Waals surface area contributed by atoms with Crippen molar-refractivity contribution in [1.82, 2.24) is 102 Å². The molecule has 9 N–H and O–H groups in total. The zero-order valence-corrected chi connectivity index (χ0v) is 68.0. The van der Waals surface area contributed by atoms with Crippen LogP contribution in [-0.4, -0.2) is 174 Å². The number of likely N-dealkylation sites (tertiary alicyclic amines) is 3. The van der Waals surface area contributed by atoms with Gasteiger partial charge in [0.15, 0.2) is 22.8 Å². The van der Waals surface area contributed by atoms with Crippen LogP contribution >= 0.6 is 0 Å². The molecule has 8 aliphatic rings. The smallest absolute Gasteiger partial charge is 0.410 e. The van der Waals surface area contributed by atoms with Crippen molar-refractivity contribution in [3.8, 4) is 0 Å². The molecule has 5 unspecified atom stereocenters. The average molecular weight is 1620 g/mol. The molecule has 614 valence electrons. The fourth-order valence-corrected chi connectivity index (χ4v) is 17.3. The van der Waals surface area contributed by atoms with Crippen molar-refractivity contribution in [3.63, 3.8) is 0 Å². The van der Waals surface area contributed by atoms with Gasteiger partial charge in [0.25, 0.3) is 0 Å². The highest BCUT2D eigenvalue weighted by Gasteiger charge is 2.43. The van der Waals surface area contributed by atoms with Crippen LogP contribution in [0.4, 0.5) is 28.1 Å². The number of nitrogens with zero attached hydrogens (tertiary/aromatic N) is 19. The molecule has 20 rings (SSSR count). The first kappa shape index (κ1) is 79.9. The van der Waals surface area contributed by atoms with Crippen molar-refractivity contribution in [2.75, 3.05) is 80.7 Å². The van der Waals surface area contributed by atoms with Crippen molar-refractivity contribution in [3.05, 3.63) is 233 Å². The summed E-state index contributed by atoms with van der Waals surface area (Å²) in [5.74, 6) is 2.98. The van der Waals surface area contributed by atoms with Crippen LogP contribution in [-0.2, 0) is 9.53 Å². The molecule has 0 spiro atoms. The summed E-state index contributed by atoms with van der Waals surface area (Å²) in [5.41, 5.74) is 18.8. The number of allylic oxidation sites excluding steroid dienone is 7. The minimum Gasteiger partial charge on any atom is -0.444 e. The molecule has 16 heterocycles. The molecule has 4 saturated heterocycles. The van der Waals surface area contributed by atoms with Gasteiger partial charge in [-0.3, -0.25) is 25.2 Å². The van der Waals surface area contributed by atoms with Gasteiger partial charge >= 0.3 is 6.09 Å². The van der Waals surface area contributed by atoms with Crippen molar-refractivity contribution < 1.29 is 32.8 Å². The topological polar surface area (TPSA) is 401 Å². The molecule has 35 heteroatoms. The van der Waals surface area contributed by atoms with Crippen LogP contribution in [0, 0.1) is 55.4 Å². The van der Waals surface area contributed by atoms with Crippen LogP contribution in [0.15, 0.2) is 162 Å². The summed E-state index contributed by atoms with van der Waals surface area (Å²) in [5, 5.41) is 78.3. The number of anilines is 4. The number of rotatable bonds is 8. The Morgan fingerprint density at radius 3 is 1.05 bits per heavy atom. The van der Waals surface area contributed by atoms with Crippen LogP contribution in [0.2, 0.25) is 0 Å². The van der Waals surface area contributed by atoms with E-state index in [9.17, 15) is 9.59 Å². The SMILES string of the molecule is CC(C)(C)C.[C-]#[N+]C1=C(C2CCCN(C(=O)OC(C)(C)C)C2)Nc2[nH]ncc2C1c1cccc2nonc12.[C-]#[N+]C1=C(C2CCN(C(C)=O)CC2)Nc2[nH]ncc2C1c1cccc2nonc12.[C-]#[N+]C1=C(C2CCN(C)CC2)Nc2[nH]ncc2C1c1cccc2nonc12.[C-]#[N+]C1=C(C2CCNCC2)Nc2[nH]ncc2C1c1cccc2nonc12. The van der Waals surface area contributed by atoms with Gasteiger partial charge in [0.05, 0.1) is 74.7 Å². The minimum absolute atomic E-state index is 0.0380. The van der Waals surface area contributed by atoms with Gasteiger partial charge in [0.2, 0.25) is 5.91 Å². The molecule has 8 aromatic heterocycles. The van der Waals surface area contributed by atoms with E-state index in [0.717, 1.165) is 168 Å². The largest absolute Gasteiger partial charge is 0.444 e. The van der Waals surface area contributed by atoms with Crippen LogP contribution in [0.3, 0.4) is 0 Å². The lowest BCUT2D eigenvalue weighted by atomic mass is 9.81. The predicted octanol–water partition coefficient (Wildman–Crippen LogP) is 14.8. The first-order valence-electron chi connectivity index (χ1n) is 40.3. The van der Waals surface area contributed by atoms with Crippen molar-refractivity contribution in [1.29, 1.82) is 0 Å². The molecule has 0 aliphatic carbocycles. The molecule has 8 aliphatic heterocycles. The van der Waals surface area contributed by atoms with Crippen molar-refractivity contribution >= 4 is 79.4 Å². The summed E-state index contributed by atoms with van der Waals surface area (Å²) < 4.78 is 25.4. The number of hydrogen-bond donors (Lipinski definition) is 9. The third-order valence-electron chi connectivity index (χ3n) is 22.9. The minimum atomic E-state index is -0.561. The molecule has 120 heavy (non-hydrogen) atoms. The van der Waals surface area contributed by atoms with Crippen LogP contribution in [0.1, 0.15) is 175 Å². The molecule has 2 amide bonds. The lowest BCUT2D eigenvalue weighted by molar-refractivity contribution is -0.130. The van der Waals surface area contributed by atoms with Crippen LogP contribution in [0.25, 0.3) is 63.5 Å². The second-order valence-corrected chi connectivity index (χ2v) is 33.7. The standard InChI is InChI=1S/C23H25N7O3.C20H19N7O2.C19H19N7O.C18H17N7O.C5H12/c1-23(2,3)32-22(31)30-10-6-7-13(12-30)18-20(24-4)17(15-11-25-27-21(15)26-18)14-8-5-9-16-19(14)29-33-28-16;1-11(28)27-8-6-12(7-9-27)17-19(21-2)16(14-10-22-24-20(14)23-17)13-4-3-5-15-18(13)26-29-25-15;1-20-18-15(12-4-3-5-14-17(12)25-27-24-14)13-10-21-23-19(13)22-16(18)11-6-8-26(2)9-7-11;1-19-17-14(11-3-2-4-13-16(11)25-26-24-13)12-9-21-23-18(12)22-15(17)10-5-7-20-8-6-10;1-5(2,3)4/h5,8-9,11,13,17H,6-7,10,12H2,1-3H3,(H2,25,26,27);3-5,10,12,16H,6-9H2,1H3,(H2,22,23,24);3-5,10-11,15H,6-9H2,2H3,(H2,21,22,23);2-4,9-10,14,20H,5-8H2,(H2,21,22,23);1-4H3. The number of ether oxygens (including phenoxy) is 1. The Bertz CT molecular complexity index is 6090. The molecule has 35 nitrogen and oxygen atoms in total. The molecular formula is C85H92N28O7. The maximum Gasteiger partial charge on any atom is 0.410 e. The number of nitrogens with one attached hydrogen (secondary N) is 9. The number of H-pyrrole nitrogens is 4. The van der Waals surface area contributed by atoms with Gasteiger partial charge in [-0.2, -0.15) is 20.4 Å². The van der Waals surface area contributed by atoms with Gasteiger partial charge < -0.3 is 46.0 Å². The van der Waals surface area contributed by atoms with E-state index in [0.29, 0.717) is 110 Å². The Balaban J connectivity index is 0.000000117. The Hall–Kier alpha value is -13.9. The summed E-state index contributed by atoms with van der Waals surface area (Å²) >= 11 is 0. The van der Waals surface area contributed by atoms with E-state index in [1.807, 2.05) is 98.5 Å². The Morgan fingerprint density at radius 1 is 0.417 bits per heavy atom. The van der Waals surface area contributed by atoms with Gasteiger partial charge in [-0.25, -0.2) is 42.7 Å². The van der Waals surface area contributed by atoms with E-state index >= 15 is 0 Å². The van der Waals surface area contributed by atoms with Gasteiger partial charge in [-0.05, 0) is 216 Å². The van der Waals surface area contributed by atoms with Crippen LogP contribution < -0.4 is 26.6 Å². The number of amides is 2. The van der Waals surface area contributed by atoms with E-state index in [4.69, 9.17) is 49.5 Å². The summed E-state index contributed by atoms with van der Waals surface area (Å²) in [4.78, 5) is 46.2. The Labute approximate surface area is 690 Å². The number of carbonyl (C=O) groups is 2. The second-order valence-electron chi connectivity index (χ2n) is 33.7. The maximum atomic E-state index is 12.7. The summed E-state index contributed by atoms with van der Waals surface area (Å²) in [6.45, 7) is 54.3. The maximum absolute atomic E-state index is 12.7. The molecule has 12 aromatic rings. The van der Waals surface area contributed by atoms with Crippen molar-refractivity contribution in [2.24, 2.45) is 29.1 Å². The monoisotopic (exact) mass is 1620 g/mol. The summed E-state index contributed by atoms with van der Waals surface area (Å²) in [6, 6.07) is 22.9. The van der Waals surface area contributed by atoms with E-state index in [-0.39, 0.29) is 47.5 Å². The Kier molecular flexibility index (Phi) is 22.6. The van der Waals surface area contributed by atoms with Gasteiger partial charge in [-0.1, -0.05) is 76.2 Å². The quantitative estimate of drug-likeness (QED) is 0.0638. The first-order valence-corrected chi connectivity index (χ1v) is 40.3. The molecule has 4 aromatic carbocycles. The average Bonchev–Trinajstić information content (AvgIpc) is 1.01. The molecule has 0 radical (unpaired) electrons. The number of benzene rings is 4. The van der Waals surface area contributed by atoms with E-state index in [2.05, 4.69) is 168 Å². The molecule has 4 fully saturated rings. The number of fused-ring (bicyclic) bond motifs is 8. The number of aromatic nitrogens is 16. The van der Waals surface area contributed by atoms with E-state index < -0.39 is 5.60 Å². The van der Waals surface area contributed by atoms with Gasteiger partial charge in [-0.15, -0.1) is 0 Å². The normalized spacial score (nSPS) is 20.2. The molecular weight excluding hydrogens is 1530 g/mol. The number of carbonyl (C=O) groups excluding carboxylic acids is 2. The fraction of sp³-hybridized carbons (Fsp3) is 0.412. The van der Waals surface area contributed by atoms with Gasteiger partial charge in [0, 0.05) is 84.1 Å². The second kappa shape index (κ2) is 34.0. The number of hydrogen-bond acceptors (Lipinski definition) is 25. The third-order valence-corrected chi connectivity index (χ3v) is 22.9. The lowest BCUT2D eigenvalue weighted by Crippen LogP contribution is -2.44. The van der Waals surface area contributed by atoms with Crippen molar-refractivity contribution in [2.45, 2.75) is 136 Å². The van der Waals surface area contributed by atoms with Crippen LogP contribution in [0.5, 0.6) is 0 Å². The fourth-order valence-electron chi connectivity index (χ4n) is 17.3. The van der Waals surface area contributed by atoms with E-state index in [1.165, 1.54) is 0 Å². The highest BCUT2D eigenvalue weighted by Crippen LogP contribution is 2.51. The molecule has 5 atom stereocenters. The molecule has 0 saturated carbocycles. The Morgan fingerprint density at radius 2 is 0.733 bits per heavy atom. The van der Waals surface area contributed by atoms with Gasteiger partial charge in [0.1, 0.15) is 73.0 Å². The number of piperidine rings is 4. The van der Waals surface area contributed by atoms with E-state index in [1.54, 1.807) is 36.6 Å². The third kappa shape index (κ3) is 16.2. The number of aromatic amines is 4. The summed E-state index contributed by atoms with van der Waals surface area (Å²) in [7, 11) is 2.14. The summed E-state index contributed by atoms with van der Waals surface area (Å²) in [6.07, 6.45) is 14.1. The highest BCUT2D eigenvalue weighted by molar-refractivity contribution is 5.85. The zero-order valence-electron chi connectivity index (χ0n) is 68.0. The predicted molar refractivity (Wildman–Crippen MR) is 444 cm³/mol. The zero-order chi connectivity index (χ0) is 83.5. The first-order chi connectivity index (χ1) is 58.1. The molecule has 0 bridgehead atoms. The lowest BCUT2D eigenvalue weighted by Gasteiger charge is -2.37.